The minimum atomic E-state index is -0.610. The molecule has 0 spiro atoms. The molecule has 1 aliphatic carbocycles. The summed E-state index contributed by atoms with van der Waals surface area (Å²) in [6, 6.07) is 11.2. The van der Waals surface area contributed by atoms with E-state index in [1.54, 1.807) is 20.8 Å². The first-order valence-electron chi connectivity index (χ1n) is 8.69. The van der Waals surface area contributed by atoms with Gasteiger partial charge in [-0.05, 0) is 39.2 Å². The molecule has 3 rings (SSSR count). The summed E-state index contributed by atoms with van der Waals surface area (Å²) in [7, 11) is 0. The number of benzene rings is 1. The van der Waals surface area contributed by atoms with Gasteiger partial charge in [0.15, 0.2) is 5.82 Å². The third-order valence-electron chi connectivity index (χ3n) is 3.79. The number of nitrogens with one attached hydrogen (secondary N) is 1. The van der Waals surface area contributed by atoms with Crippen LogP contribution in [0.2, 0.25) is 0 Å². The summed E-state index contributed by atoms with van der Waals surface area (Å²) in [5.74, 6) is 0.492. The van der Waals surface area contributed by atoms with Gasteiger partial charge in [-0.2, -0.15) is 0 Å². The van der Waals surface area contributed by atoms with Gasteiger partial charge in [0.1, 0.15) is 10.6 Å². The lowest BCUT2D eigenvalue weighted by molar-refractivity contribution is 0.0635. The SMILES string of the molecule is CC(C)(C)OC(=O)Nc1cc(F)c(SCc2ccccc2)nc1C1CC1. The van der Waals surface area contributed by atoms with Crippen molar-refractivity contribution in [3.8, 4) is 0 Å². The molecular weight excluding hydrogens is 351 g/mol. The van der Waals surface area contributed by atoms with Crippen molar-refractivity contribution < 1.29 is 13.9 Å². The molecule has 26 heavy (non-hydrogen) atoms. The fourth-order valence-corrected chi connectivity index (χ4v) is 3.35. The number of hydrogen-bond acceptors (Lipinski definition) is 4. The van der Waals surface area contributed by atoms with E-state index in [2.05, 4.69) is 10.3 Å². The van der Waals surface area contributed by atoms with Gasteiger partial charge in [0.2, 0.25) is 0 Å². The van der Waals surface area contributed by atoms with Crippen LogP contribution in [-0.2, 0) is 10.5 Å². The third-order valence-corrected chi connectivity index (χ3v) is 4.83. The van der Waals surface area contributed by atoms with Crippen molar-refractivity contribution >= 4 is 23.5 Å². The second kappa shape index (κ2) is 7.66. The van der Waals surface area contributed by atoms with Crippen LogP contribution in [0.15, 0.2) is 41.4 Å². The fraction of sp³-hybridized carbons (Fsp3) is 0.400. The second-order valence-corrected chi connectivity index (χ2v) is 8.35. The Hall–Kier alpha value is -2.08. The van der Waals surface area contributed by atoms with Crippen molar-refractivity contribution in [2.24, 2.45) is 0 Å². The zero-order valence-electron chi connectivity index (χ0n) is 15.2. The number of carbonyl (C=O) groups is 1. The van der Waals surface area contributed by atoms with Crippen LogP contribution in [0.4, 0.5) is 14.9 Å². The van der Waals surface area contributed by atoms with Crippen molar-refractivity contribution in [1.82, 2.24) is 4.98 Å². The number of carbonyl (C=O) groups excluding carboxylic acids is 1. The molecule has 0 saturated heterocycles. The van der Waals surface area contributed by atoms with Crippen LogP contribution < -0.4 is 5.32 Å². The summed E-state index contributed by atoms with van der Waals surface area (Å²) in [6.07, 6.45) is 1.42. The lowest BCUT2D eigenvalue weighted by atomic mass is 10.2. The molecule has 0 atom stereocenters. The van der Waals surface area contributed by atoms with Crippen molar-refractivity contribution in [2.75, 3.05) is 5.32 Å². The molecule has 0 bridgehead atoms. The average molecular weight is 374 g/mol. The van der Waals surface area contributed by atoms with Crippen molar-refractivity contribution in [1.29, 1.82) is 0 Å². The molecule has 1 N–H and O–H groups in total. The number of hydrogen-bond donors (Lipinski definition) is 1. The van der Waals surface area contributed by atoms with Crippen molar-refractivity contribution in [2.45, 2.75) is 55.9 Å². The highest BCUT2D eigenvalue weighted by atomic mass is 32.2. The van der Waals surface area contributed by atoms with E-state index in [0.717, 1.165) is 24.1 Å². The largest absolute Gasteiger partial charge is 0.444 e. The van der Waals surface area contributed by atoms with Gasteiger partial charge in [0.05, 0.1) is 11.4 Å². The molecule has 138 valence electrons. The number of ether oxygens (including phenoxy) is 1. The molecule has 1 aliphatic rings. The van der Waals surface area contributed by atoms with E-state index in [9.17, 15) is 9.18 Å². The first-order chi connectivity index (χ1) is 12.3. The normalized spacial score (nSPS) is 14.2. The number of pyridine rings is 1. The Labute approximate surface area is 157 Å². The van der Waals surface area contributed by atoms with Crippen LogP contribution in [0.5, 0.6) is 0 Å². The molecule has 1 saturated carbocycles. The van der Waals surface area contributed by atoms with E-state index in [1.165, 1.54) is 17.8 Å². The summed E-state index contributed by atoms with van der Waals surface area (Å²) in [4.78, 5) is 16.6. The lowest BCUT2D eigenvalue weighted by Crippen LogP contribution is -2.27. The smallest absolute Gasteiger partial charge is 0.412 e. The fourth-order valence-electron chi connectivity index (χ4n) is 2.49. The third kappa shape index (κ3) is 5.21. The van der Waals surface area contributed by atoms with Crippen molar-refractivity contribution in [3.63, 3.8) is 0 Å². The van der Waals surface area contributed by atoms with Gasteiger partial charge >= 0.3 is 6.09 Å². The minimum Gasteiger partial charge on any atom is -0.444 e. The Kier molecular flexibility index (Phi) is 5.51. The van der Waals surface area contributed by atoms with Crippen LogP contribution in [0.3, 0.4) is 0 Å². The predicted octanol–water partition coefficient (Wildman–Crippen LogP) is 5.74. The van der Waals surface area contributed by atoms with Crippen LogP contribution in [-0.4, -0.2) is 16.7 Å². The highest BCUT2D eigenvalue weighted by Gasteiger charge is 2.30. The molecule has 4 nitrogen and oxygen atoms in total. The summed E-state index contributed by atoms with van der Waals surface area (Å²) in [6.45, 7) is 5.36. The van der Waals surface area contributed by atoms with Crippen molar-refractivity contribution in [3.05, 3.63) is 53.5 Å². The number of aromatic nitrogens is 1. The molecule has 1 aromatic heterocycles. The first kappa shape index (κ1) is 18.7. The topological polar surface area (TPSA) is 51.2 Å². The van der Waals surface area contributed by atoms with Crippen LogP contribution >= 0.6 is 11.8 Å². The summed E-state index contributed by atoms with van der Waals surface area (Å²) >= 11 is 1.37. The molecule has 1 fully saturated rings. The van der Waals surface area contributed by atoms with Gasteiger partial charge < -0.3 is 4.74 Å². The maximum Gasteiger partial charge on any atom is 0.412 e. The van der Waals surface area contributed by atoms with Gasteiger partial charge in [0.25, 0.3) is 0 Å². The van der Waals surface area contributed by atoms with Crippen LogP contribution in [0.25, 0.3) is 0 Å². The Morgan fingerprint density at radius 2 is 2.00 bits per heavy atom. The van der Waals surface area contributed by atoms with Gasteiger partial charge in [-0.25, -0.2) is 14.2 Å². The Balaban J connectivity index is 1.76. The first-order valence-corrected chi connectivity index (χ1v) is 9.67. The molecule has 1 amide bonds. The van der Waals surface area contributed by atoms with Crippen LogP contribution in [0, 0.1) is 5.82 Å². The van der Waals surface area contributed by atoms with Gasteiger partial charge in [-0.1, -0.05) is 42.1 Å². The summed E-state index contributed by atoms with van der Waals surface area (Å²) in [5.41, 5.74) is 1.65. The highest BCUT2D eigenvalue weighted by molar-refractivity contribution is 7.98. The highest BCUT2D eigenvalue weighted by Crippen LogP contribution is 2.43. The monoisotopic (exact) mass is 374 g/mol. The van der Waals surface area contributed by atoms with E-state index in [1.807, 2.05) is 30.3 Å². The zero-order valence-corrected chi connectivity index (χ0v) is 16.0. The maximum absolute atomic E-state index is 14.5. The van der Waals surface area contributed by atoms with Gasteiger partial charge in [-0.15, -0.1) is 0 Å². The minimum absolute atomic E-state index is 0.275. The average Bonchev–Trinajstić information content (AvgIpc) is 3.38. The number of amides is 1. The number of rotatable bonds is 5. The van der Waals surface area contributed by atoms with Gasteiger partial charge in [0, 0.05) is 17.7 Å². The Morgan fingerprint density at radius 3 is 2.62 bits per heavy atom. The Bertz CT molecular complexity index is 786. The molecule has 0 aliphatic heterocycles. The zero-order chi connectivity index (χ0) is 18.7. The number of nitrogens with zero attached hydrogens (tertiary/aromatic N) is 1. The van der Waals surface area contributed by atoms with Gasteiger partial charge in [-0.3, -0.25) is 5.32 Å². The second-order valence-electron chi connectivity index (χ2n) is 7.38. The van der Waals surface area contributed by atoms with Crippen LogP contribution in [0.1, 0.15) is 50.8 Å². The quantitative estimate of drug-likeness (QED) is 0.678. The molecule has 0 radical (unpaired) electrons. The molecule has 1 aromatic carbocycles. The maximum atomic E-state index is 14.5. The summed E-state index contributed by atoms with van der Waals surface area (Å²) < 4.78 is 19.8. The predicted molar refractivity (Wildman–Crippen MR) is 102 cm³/mol. The standard InChI is InChI=1S/C20H23FN2O2S/c1-20(2,3)25-19(24)22-16-11-15(21)18(23-17(16)14-9-10-14)26-12-13-7-5-4-6-8-13/h4-8,11,14H,9-10,12H2,1-3H3,(H,22,24). The lowest BCUT2D eigenvalue weighted by Gasteiger charge is -2.20. The van der Waals surface area contributed by atoms with E-state index in [4.69, 9.17) is 4.74 Å². The molecule has 0 unspecified atom stereocenters. The molecular formula is C20H23FN2O2S. The van der Waals surface area contributed by atoms with E-state index in [-0.39, 0.29) is 5.92 Å². The van der Waals surface area contributed by atoms with E-state index in [0.29, 0.717) is 16.5 Å². The Morgan fingerprint density at radius 1 is 1.31 bits per heavy atom. The number of halogens is 1. The van der Waals surface area contributed by atoms with E-state index >= 15 is 0 Å². The number of thioether (sulfide) groups is 1. The molecule has 2 aromatic rings. The number of anilines is 1. The summed E-state index contributed by atoms with van der Waals surface area (Å²) in [5, 5.41) is 3.02. The molecule has 1 heterocycles. The molecule has 6 heteroatoms. The van der Waals surface area contributed by atoms with E-state index < -0.39 is 17.5 Å².